The average Bonchev–Trinajstić information content (AvgIpc) is 3.00. The summed E-state index contributed by atoms with van der Waals surface area (Å²) in [4.78, 5) is 54.1. The molecule has 0 radical (unpaired) electrons. The Kier molecular flexibility index (Phi) is 8.50. The number of ether oxygens (including phenoxy) is 1. The highest BCUT2D eigenvalue weighted by molar-refractivity contribution is 5.84. The quantitative estimate of drug-likeness (QED) is 0.270. The first-order valence-corrected chi connectivity index (χ1v) is 15.5. The van der Waals surface area contributed by atoms with Crippen molar-refractivity contribution in [3.8, 4) is 0 Å². The first-order valence-electron chi connectivity index (χ1n) is 15.5. The number of aldehydes is 1. The number of nitrogens with one attached hydrogen (secondary N) is 1. The number of amides is 1. The summed E-state index contributed by atoms with van der Waals surface area (Å²) in [5.41, 5.74) is 0.00612. The van der Waals surface area contributed by atoms with Gasteiger partial charge in [0.15, 0.2) is 0 Å². The van der Waals surface area contributed by atoms with Crippen molar-refractivity contribution in [3.05, 3.63) is 11.6 Å². The normalized spacial score (nSPS) is 42.5. The summed E-state index contributed by atoms with van der Waals surface area (Å²) in [5, 5.41) is 3.20. The molecule has 0 heterocycles. The molecule has 0 unspecified atom stereocenters. The molecule has 3 saturated carbocycles. The summed E-state index contributed by atoms with van der Waals surface area (Å²) in [6, 6.07) is -0.105. The van der Waals surface area contributed by atoms with E-state index in [-0.39, 0.29) is 70.5 Å². The molecule has 1 N–H and O–H groups in total. The second-order valence-corrected chi connectivity index (χ2v) is 14.5. The lowest BCUT2D eigenvalue weighted by molar-refractivity contribution is -0.152. The van der Waals surface area contributed by atoms with Crippen molar-refractivity contribution in [3.63, 3.8) is 0 Å². The van der Waals surface area contributed by atoms with Crippen LogP contribution in [0.25, 0.3) is 0 Å². The molecule has 1 amide bonds. The van der Waals surface area contributed by atoms with Crippen LogP contribution in [0.2, 0.25) is 0 Å². The Morgan fingerprint density at radius 1 is 1.18 bits per heavy atom. The van der Waals surface area contributed by atoms with Gasteiger partial charge in [-0.3, -0.25) is 14.4 Å². The number of ketones is 1. The van der Waals surface area contributed by atoms with Crippen molar-refractivity contribution in [2.24, 2.45) is 45.8 Å². The summed E-state index contributed by atoms with van der Waals surface area (Å²) in [5.74, 6) is 0.0441. The van der Waals surface area contributed by atoms with Gasteiger partial charge in [0.2, 0.25) is 5.91 Å². The maximum atomic E-state index is 14.1. The Labute approximate surface area is 241 Å². The van der Waals surface area contributed by atoms with E-state index in [9.17, 15) is 19.2 Å². The number of hydrogen-bond donors (Lipinski definition) is 1. The smallest absolute Gasteiger partial charge is 0.302 e. The number of esters is 1. The first-order chi connectivity index (χ1) is 18.6. The Morgan fingerprint density at radius 2 is 1.85 bits per heavy atom. The highest BCUT2D eigenvalue weighted by Crippen LogP contribution is 2.69. The van der Waals surface area contributed by atoms with E-state index in [1.54, 1.807) is 0 Å². The minimum atomic E-state index is -0.716. The third-order valence-electron chi connectivity index (χ3n) is 12.4. The van der Waals surface area contributed by atoms with Crippen molar-refractivity contribution >= 4 is 23.9 Å². The van der Waals surface area contributed by atoms with Crippen molar-refractivity contribution in [1.29, 1.82) is 0 Å². The third kappa shape index (κ3) is 4.78. The minimum Gasteiger partial charge on any atom is -0.462 e. The highest BCUT2D eigenvalue weighted by Gasteiger charge is 2.69. The number of fused-ring (bicyclic) bond motifs is 4. The van der Waals surface area contributed by atoms with Crippen molar-refractivity contribution in [1.82, 2.24) is 10.2 Å². The number of rotatable bonds is 7. The van der Waals surface area contributed by atoms with Gasteiger partial charge in [-0.2, -0.15) is 0 Å². The number of Topliss-reactive ketones (excluding diaryl/α,β-unsaturated/α-hetero) is 1. The average molecular weight is 557 g/mol. The van der Waals surface area contributed by atoms with E-state index >= 15 is 0 Å². The van der Waals surface area contributed by atoms with E-state index in [0.29, 0.717) is 25.0 Å². The molecule has 4 rings (SSSR count). The maximum absolute atomic E-state index is 14.1. The van der Waals surface area contributed by atoms with E-state index in [1.807, 2.05) is 20.8 Å². The standard InChI is InChI=1S/C33H52N2O5/c1-10-19(2)30(39)34-28-14-11-22-15-23-25(13-12-24(22)31(28,5)18-36)32(6)17-27(40-21(4)37)29(20(3)35(8)9)33(32,7)16-26(23)38/h11,18-20,23-25,27-29H,10,12-17H2,1-9H3,(H,34,39)/t19-,20-,23+,24+,25+,27+,28-,29-,31-,32-,33+/m0/s1. The van der Waals surface area contributed by atoms with Gasteiger partial charge in [-0.1, -0.05) is 46.3 Å². The molecule has 0 aromatic heterocycles. The zero-order chi connectivity index (χ0) is 29.8. The molecular formula is C33H52N2O5. The van der Waals surface area contributed by atoms with Crippen molar-refractivity contribution in [2.75, 3.05) is 14.1 Å². The fraction of sp³-hybridized carbons (Fsp3) is 0.818. The molecule has 0 spiro atoms. The van der Waals surface area contributed by atoms with Gasteiger partial charge in [0.1, 0.15) is 18.2 Å². The van der Waals surface area contributed by atoms with Gasteiger partial charge in [0.05, 0.1) is 5.41 Å². The Bertz CT molecular complexity index is 1070. The molecule has 4 aliphatic rings. The molecule has 3 fully saturated rings. The molecule has 0 aliphatic heterocycles. The summed E-state index contributed by atoms with van der Waals surface area (Å²) in [7, 11) is 4.11. The highest BCUT2D eigenvalue weighted by atomic mass is 16.5. The molecule has 11 atom stereocenters. The summed E-state index contributed by atoms with van der Waals surface area (Å²) in [6.45, 7) is 14.2. The Balaban J connectivity index is 1.70. The van der Waals surface area contributed by atoms with E-state index in [1.165, 1.54) is 12.5 Å². The maximum Gasteiger partial charge on any atom is 0.302 e. The molecule has 7 heteroatoms. The summed E-state index contributed by atoms with van der Waals surface area (Å²) >= 11 is 0. The molecule has 0 aromatic carbocycles. The van der Waals surface area contributed by atoms with Crippen LogP contribution in [0.5, 0.6) is 0 Å². The molecule has 224 valence electrons. The van der Waals surface area contributed by atoms with Crippen LogP contribution in [0.1, 0.15) is 93.4 Å². The van der Waals surface area contributed by atoms with E-state index in [0.717, 1.165) is 32.0 Å². The van der Waals surface area contributed by atoms with Crippen LogP contribution in [0.15, 0.2) is 11.6 Å². The minimum absolute atomic E-state index is 0.00157. The molecule has 40 heavy (non-hydrogen) atoms. The molecule has 0 bridgehead atoms. The fourth-order valence-electron chi connectivity index (χ4n) is 9.40. The van der Waals surface area contributed by atoms with Gasteiger partial charge in [0, 0.05) is 43.2 Å². The third-order valence-corrected chi connectivity index (χ3v) is 12.4. The predicted molar refractivity (Wildman–Crippen MR) is 155 cm³/mol. The van der Waals surface area contributed by atoms with Gasteiger partial charge in [-0.05, 0) is 82.2 Å². The van der Waals surface area contributed by atoms with Crippen LogP contribution in [-0.4, -0.2) is 61.1 Å². The number of nitrogens with zero attached hydrogens (tertiary/aromatic N) is 1. The molecular weight excluding hydrogens is 504 g/mol. The number of carbonyl (C=O) groups excluding carboxylic acids is 4. The van der Waals surface area contributed by atoms with Crippen LogP contribution in [0, 0.1) is 45.8 Å². The number of carbonyl (C=O) groups is 4. The van der Waals surface area contributed by atoms with Gasteiger partial charge >= 0.3 is 5.97 Å². The second-order valence-electron chi connectivity index (χ2n) is 14.5. The zero-order valence-corrected chi connectivity index (χ0v) is 26.2. The molecule has 0 saturated heterocycles. The van der Waals surface area contributed by atoms with Crippen molar-refractivity contribution in [2.45, 2.75) is 112 Å². The van der Waals surface area contributed by atoms with E-state index in [4.69, 9.17) is 4.74 Å². The lowest BCUT2D eigenvalue weighted by Gasteiger charge is -2.55. The van der Waals surface area contributed by atoms with Gasteiger partial charge in [0.25, 0.3) is 0 Å². The Morgan fingerprint density at radius 3 is 2.42 bits per heavy atom. The fourth-order valence-corrected chi connectivity index (χ4v) is 9.40. The van der Waals surface area contributed by atoms with E-state index in [2.05, 4.69) is 51.2 Å². The lowest BCUT2D eigenvalue weighted by Crippen LogP contribution is -2.55. The van der Waals surface area contributed by atoms with Gasteiger partial charge in [-0.15, -0.1) is 0 Å². The largest absolute Gasteiger partial charge is 0.462 e. The molecule has 0 aromatic rings. The van der Waals surface area contributed by atoms with Crippen LogP contribution in [-0.2, 0) is 23.9 Å². The lowest BCUT2D eigenvalue weighted by atomic mass is 9.48. The topological polar surface area (TPSA) is 92.8 Å². The first kappa shape index (κ1) is 30.9. The van der Waals surface area contributed by atoms with Crippen LogP contribution >= 0.6 is 0 Å². The predicted octanol–water partition coefficient (Wildman–Crippen LogP) is 4.97. The van der Waals surface area contributed by atoms with Gasteiger partial charge in [-0.25, -0.2) is 0 Å². The second kappa shape index (κ2) is 11.0. The van der Waals surface area contributed by atoms with Gasteiger partial charge < -0.3 is 19.7 Å². The summed E-state index contributed by atoms with van der Waals surface area (Å²) < 4.78 is 6.01. The molecule has 7 nitrogen and oxygen atoms in total. The van der Waals surface area contributed by atoms with Crippen LogP contribution in [0.3, 0.4) is 0 Å². The van der Waals surface area contributed by atoms with Crippen LogP contribution < -0.4 is 5.32 Å². The monoisotopic (exact) mass is 556 g/mol. The molecule has 4 aliphatic carbocycles. The Hall–Kier alpha value is -2.02. The zero-order valence-electron chi connectivity index (χ0n) is 26.2. The summed E-state index contributed by atoms with van der Waals surface area (Å²) in [6.07, 6.45) is 7.99. The van der Waals surface area contributed by atoms with Crippen molar-refractivity contribution < 1.29 is 23.9 Å². The van der Waals surface area contributed by atoms with Crippen LogP contribution in [0.4, 0.5) is 0 Å². The number of hydrogen-bond acceptors (Lipinski definition) is 6. The SMILES string of the molecule is CC[C@H](C)C(=O)N[C@H]1CC=C2C[C@H]3C(=O)C[C@]4(C)[C@@H]([C@H](C)N(C)C)[C@H](OC(C)=O)C[C@@]4(C)[C@@H]3CC[C@H]2[C@]1(C)C=O. The van der Waals surface area contributed by atoms with E-state index < -0.39 is 5.41 Å². The number of allylic oxidation sites excluding steroid dienone is 1.